The van der Waals surface area contributed by atoms with Crippen molar-refractivity contribution >= 4 is 11.8 Å². The zero-order valence-electron chi connectivity index (χ0n) is 16.3. The van der Waals surface area contributed by atoms with Gasteiger partial charge in [0.25, 0.3) is 0 Å². The third kappa shape index (κ3) is 5.60. The van der Waals surface area contributed by atoms with Crippen LogP contribution in [0.3, 0.4) is 0 Å². The maximum Gasteiger partial charge on any atom is 0.410 e. The lowest BCUT2D eigenvalue weighted by Gasteiger charge is -2.24. The Balaban J connectivity index is 2.18. The number of nitrogens with zero attached hydrogens (tertiary/aromatic N) is 4. The molecule has 2 rings (SSSR count). The Morgan fingerprint density at radius 2 is 1.93 bits per heavy atom. The Labute approximate surface area is 168 Å². The Morgan fingerprint density at radius 3 is 2.52 bits per heavy atom. The number of hydrogen-bond acceptors (Lipinski definition) is 7. The number of amides is 1. The average Bonchev–Trinajstić information content (AvgIpc) is 3.12. The molecule has 150 valence electrons. The van der Waals surface area contributed by atoms with Gasteiger partial charge < -0.3 is 19.7 Å². The summed E-state index contributed by atoms with van der Waals surface area (Å²) in [4.78, 5) is 13.7. The number of carbonyl (C=O) groups is 1. The Morgan fingerprint density at radius 1 is 1.24 bits per heavy atom. The van der Waals surface area contributed by atoms with Gasteiger partial charge in [0.1, 0.15) is 35.6 Å². The van der Waals surface area contributed by atoms with Crippen LogP contribution in [0.15, 0.2) is 29.5 Å². The lowest BCUT2D eigenvalue weighted by molar-refractivity contribution is 0.0275. The van der Waals surface area contributed by atoms with Gasteiger partial charge in [-0.1, -0.05) is 6.07 Å². The molecule has 1 heterocycles. The smallest absolute Gasteiger partial charge is 0.410 e. The largest absolute Gasteiger partial charge is 0.483 e. The molecule has 29 heavy (non-hydrogen) atoms. The summed E-state index contributed by atoms with van der Waals surface area (Å²) < 4.78 is 25.5. The molecule has 1 atom stereocenters. The summed E-state index contributed by atoms with van der Waals surface area (Å²) in [6.07, 6.45) is -0.492. The number of nitriles is 3. The molecule has 1 aliphatic rings. The van der Waals surface area contributed by atoms with E-state index in [0.717, 1.165) is 0 Å². The summed E-state index contributed by atoms with van der Waals surface area (Å²) in [7, 11) is 0. The molecule has 8 nitrogen and oxygen atoms in total. The van der Waals surface area contributed by atoms with Crippen molar-refractivity contribution in [3.63, 3.8) is 0 Å². The maximum atomic E-state index is 14.4. The fourth-order valence-corrected chi connectivity index (χ4v) is 2.63. The number of ether oxygens (including phenoxy) is 2. The Bertz CT molecular complexity index is 931. The van der Waals surface area contributed by atoms with Crippen molar-refractivity contribution in [3.8, 4) is 24.0 Å². The van der Waals surface area contributed by atoms with E-state index in [9.17, 15) is 14.4 Å². The van der Waals surface area contributed by atoms with Crippen LogP contribution in [-0.4, -0.2) is 35.8 Å². The van der Waals surface area contributed by atoms with Gasteiger partial charge in [0.2, 0.25) is 0 Å². The second kappa shape index (κ2) is 8.95. The van der Waals surface area contributed by atoms with E-state index in [0.29, 0.717) is 13.0 Å². The van der Waals surface area contributed by atoms with Gasteiger partial charge >= 0.3 is 6.09 Å². The van der Waals surface area contributed by atoms with Gasteiger partial charge in [-0.15, -0.1) is 0 Å². The van der Waals surface area contributed by atoms with E-state index in [2.05, 4.69) is 5.32 Å². The van der Waals surface area contributed by atoms with Crippen LogP contribution in [-0.2, 0) is 4.74 Å². The van der Waals surface area contributed by atoms with Gasteiger partial charge in [-0.05, 0) is 32.9 Å². The first-order valence-corrected chi connectivity index (χ1v) is 8.83. The second-order valence-corrected chi connectivity index (χ2v) is 7.28. The summed E-state index contributed by atoms with van der Waals surface area (Å²) >= 11 is 0. The first kappa shape index (κ1) is 21.5. The molecule has 9 heteroatoms. The van der Waals surface area contributed by atoms with Crippen molar-refractivity contribution in [2.24, 2.45) is 0 Å². The lowest BCUT2D eigenvalue weighted by Crippen LogP contribution is -2.36. The molecule has 1 N–H and O–H groups in total. The molecule has 1 aliphatic heterocycles. The number of para-hydroxylation sites is 1. The molecule has 1 amide bonds. The molecular formula is C20H20FN5O3. The minimum atomic E-state index is -0.682. The summed E-state index contributed by atoms with van der Waals surface area (Å²) in [5.74, 6) is -0.843. The van der Waals surface area contributed by atoms with E-state index < -0.39 is 29.2 Å². The first-order valence-electron chi connectivity index (χ1n) is 8.83. The van der Waals surface area contributed by atoms with E-state index in [1.54, 1.807) is 39.0 Å². The number of likely N-dealkylation sites (tertiary alicyclic amines) is 1. The fraction of sp³-hybridized carbons (Fsp3) is 0.400. The molecule has 0 aromatic heterocycles. The van der Waals surface area contributed by atoms with Crippen LogP contribution < -0.4 is 10.1 Å². The number of halogens is 1. The van der Waals surface area contributed by atoms with Crippen LogP contribution in [0, 0.1) is 39.8 Å². The molecule has 1 aromatic rings. The lowest BCUT2D eigenvalue weighted by atomic mass is 10.2. The van der Waals surface area contributed by atoms with Crippen molar-refractivity contribution < 1.29 is 18.7 Å². The van der Waals surface area contributed by atoms with Gasteiger partial charge in [-0.3, -0.25) is 0 Å². The fourth-order valence-electron chi connectivity index (χ4n) is 2.63. The van der Waals surface area contributed by atoms with E-state index in [1.165, 1.54) is 23.1 Å². The molecule has 0 aliphatic carbocycles. The van der Waals surface area contributed by atoms with E-state index in [1.807, 2.05) is 0 Å². The van der Waals surface area contributed by atoms with Crippen LogP contribution in [0.1, 0.15) is 27.2 Å². The third-order valence-corrected chi connectivity index (χ3v) is 3.89. The summed E-state index contributed by atoms with van der Waals surface area (Å²) in [6, 6.07) is 8.98. The highest BCUT2D eigenvalue weighted by Gasteiger charge is 2.31. The second-order valence-electron chi connectivity index (χ2n) is 7.28. The minimum absolute atomic E-state index is 0.0975. The highest BCUT2D eigenvalue weighted by Crippen LogP contribution is 2.32. The van der Waals surface area contributed by atoms with Crippen molar-refractivity contribution in [1.82, 2.24) is 4.90 Å². The summed E-state index contributed by atoms with van der Waals surface area (Å²) in [6.45, 7) is 5.91. The van der Waals surface area contributed by atoms with Gasteiger partial charge in [0.15, 0.2) is 17.1 Å². The molecule has 0 saturated carbocycles. The molecule has 1 unspecified atom stereocenters. The number of carbonyl (C=O) groups excluding carboxylic acids is 1. The minimum Gasteiger partial charge on any atom is -0.483 e. The molecular weight excluding hydrogens is 377 g/mol. The maximum absolute atomic E-state index is 14.4. The van der Waals surface area contributed by atoms with Crippen molar-refractivity contribution in [1.29, 1.82) is 15.8 Å². The first-order chi connectivity index (χ1) is 13.7. The van der Waals surface area contributed by atoms with Crippen LogP contribution in [0.4, 0.5) is 14.9 Å². The number of hydrogen-bond donors (Lipinski definition) is 1. The number of rotatable bonds is 4. The van der Waals surface area contributed by atoms with E-state index >= 15 is 0 Å². The predicted molar refractivity (Wildman–Crippen MR) is 101 cm³/mol. The molecule has 0 radical (unpaired) electrons. The van der Waals surface area contributed by atoms with Crippen LogP contribution in [0.5, 0.6) is 5.75 Å². The number of benzene rings is 1. The molecule has 0 bridgehead atoms. The van der Waals surface area contributed by atoms with E-state index in [-0.39, 0.29) is 23.7 Å². The van der Waals surface area contributed by atoms with Gasteiger partial charge in [-0.2, -0.15) is 15.8 Å². The number of nitrogens with one attached hydrogen (secondary N) is 1. The predicted octanol–water partition coefficient (Wildman–Crippen LogP) is 3.45. The normalized spacial score (nSPS) is 15.5. The zero-order valence-corrected chi connectivity index (χ0v) is 16.3. The number of allylic oxidation sites excluding steroid dienone is 2. The van der Waals surface area contributed by atoms with Crippen LogP contribution in [0.2, 0.25) is 0 Å². The average molecular weight is 397 g/mol. The standard InChI is InChI=1S/C20H20FN5O3/c1-20(2,3)29-19(27)26-8-7-14(12-26)28-18-15(21)5-4-6-16(18)25-17(11-24)13(9-22)10-23/h4-6,14,25H,7-8,12H2,1-3H3. The zero-order chi connectivity index (χ0) is 21.6. The third-order valence-electron chi connectivity index (χ3n) is 3.89. The van der Waals surface area contributed by atoms with Crippen LogP contribution >= 0.6 is 0 Å². The van der Waals surface area contributed by atoms with Crippen molar-refractivity contribution in [2.75, 3.05) is 18.4 Å². The topological polar surface area (TPSA) is 122 Å². The Kier molecular flexibility index (Phi) is 6.64. The molecule has 1 aromatic carbocycles. The SMILES string of the molecule is CC(C)(C)OC(=O)N1CCC(Oc2c(F)cccc2NC(C#N)=C(C#N)C#N)C1. The molecule has 1 fully saturated rings. The Hall–Kier alpha value is -3.77. The highest BCUT2D eigenvalue weighted by molar-refractivity contribution is 5.68. The summed E-state index contributed by atoms with van der Waals surface area (Å²) in [5.41, 5.74) is -1.27. The van der Waals surface area contributed by atoms with Crippen molar-refractivity contribution in [2.45, 2.75) is 38.9 Å². The number of anilines is 1. The quantitative estimate of drug-likeness (QED) is 0.772. The monoisotopic (exact) mass is 397 g/mol. The molecule has 0 spiro atoms. The van der Waals surface area contributed by atoms with E-state index in [4.69, 9.17) is 20.0 Å². The highest BCUT2D eigenvalue weighted by atomic mass is 19.1. The van der Waals surface area contributed by atoms with Gasteiger partial charge in [0.05, 0.1) is 12.2 Å². The molecule has 1 saturated heterocycles. The van der Waals surface area contributed by atoms with Gasteiger partial charge in [0, 0.05) is 13.0 Å². The van der Waals surface area contributed by atoms with Gasteiger partial charge in [-0.25, -0.2) is 9.18 Å². The summed E-state index contributed by atoms with van der Waals surface area (Å²) in [5, 5.41) is 29.7. The van der Waals surface area contributed by atoms with Crippen molar-refractivity contribution in [3.05, 3.63) is 35.3 Å². The van der Waals surface area contributed by atoms with Crippen LogP contribution in [0.25, 0.3) is 0 Å².